The normalized spacial score (nSPS) is 20.4. The highest BCUT2D eigenvalue weighted by atomic mass is 32.1. The van der Waals surface area contributed by atoms with Crippen molar-refractivity contribution < 1.29 is 4.74 Å². The van der Waals surface area contributed by atoms with Gasteiger partial charge in [-0.25, -0.2) is 4.98 Å². The van der Waals surface area contributed by atoms with Crippen molar-refractivity contribution in [2.75, 3.05) is 6.61 Å². The Kier molecular flexibility index (Phi) is 2.49. The van der Waals surface area contributed by atoms with Crippen molar-refractivity contribution >= 4 is 11.3 Å². The second-order valence-electron chi connectivity index (χ2n) is 3.98. The van der Waals surface area contributed by atoms with Crippen LogP contribution in [-0.4, -0.2) is 21.4 Å². The van der Waals surface area contributed by atoms with Crippen LogP contribution in [0.25, 0.3) is 11.3 Å². The molecule has 1 saturated heterocycles. The fraction of sp³-hybridized carbons (Fsp3) is 0.455. The van der Waals surface area contributed by atoms with Crippen molar-refractivity contribution in [2.24, 2.45) is 7.05 Å². The maximum absolute atomic E-state index is 5.62. The number of rotatable bonds is 2. The van der Waals surface area contributed by atoms with Crippen molar-refractivity contribution in [3.05, 3.63) is 22.8 Å². The fourth-order valence-corrected chi connectivity index (χ4v) is 2.80. The van der Waals surface area contributed by atoms with Gasteiger partial charge in [0.1, 0.15) is 11.1 Å². The van der Waals surface area contributed by atoms with Crippen LogP contribution in [0.1, 0.15) is 24.0 Å². The average molecular weight is 235 g/mol. The van der Waals surface area contributed by atoms with Gasteiger partial charge in [-0.05, 0) is 12.8 Å². The van der Waals surface area contributed by atoms with Crippen molar-refractivity contribution in [2.45, 2.75) is 18.9 Å². The zero-order valence-corrected chi connectivity index (χ0v) is 9.91. The summed E-state index contributed by atoms with van der Waals surface area (Å²) in [6.07, 6.45) is 6.28. The van der Waals surface area contributed by atoms with Crippen LogP contribution in [0, 0.1) is 0 Å². The van der Waals surface area contributed by atoms with Crippen molar-refractivity contribution in [1.29, 1.82) is 0 Å². The molecule has 84 valence electrons. The van der Waals surface area contributed by atoms with Gasteiger partial charge in [0, 0.05) is 30.8 Å². The first kappa shape index (κ1) is 9.99. The SMILES string of the molecule is Cn1cc(-c2csc([C@H]3CCCO3)n2)cn1. The largest absolute Gasteiger partial charge is 0.371 e. The molecular formula is C11H13N3OS. The third-order valence-corrected chi connectivity index (χ3v) is 3.66. The third kappa shape index (κ3) is 1.76. The number of aryl methyl sites for hydroxylation is 1. The van der Waals surface area contributed by atoms with E-state index < -0.39 is 0 Å². The topological polar surface area (TPSA) is 39.9 Å². The molecule has 5 heteroatoms. The lowest BCUT2D eigenvalue weighted by molar-refractivity contribution is 0.112. The summed E-state index contributed by atoms with van der Waals surface area (Å²) in [4.78, 5) is 4.62. The number of nitrogens with zero attached hydrogens (tertiary/aromatic N) is 3. The molecule has 3 heterocycles. The van der Waals surface area contributed by atoms with Gasteiger partial charge < -0.3 is 4.74 Å². The number of thiazole rings is 1. The third-order valence-electron chi connectivity index (χ3n) is 2.73. The summed E-state index contributed by atoms with van der Waals surface area (Å²) in [5, 5.41) is 7.32. The molecule has 3 rings (SSSR count). The monoisotopic (exact) mass is 235 g/mol. The minimum atomic E-state index is 0.218. The second kappa shape index (κ2) is 3.99. The lowest BCUT2D eigenvalue weighted by atomic mass is 10.2. The van der Waals surface area contributed by atoms with Crippen molar-refractivity contribution in [3.8, 4) is 11.3 Å². The van der Waals surface area contributed by atoms with Crippen LogP contribution in [0.2, 0.25) is 0 Å². The van der Waals surface area contributed by atoms with Crippen LogP contribution >= 0.6 is 11.3 Å². The molecular weight excluding hydrogens is 222 g/mol. The van der Waals surface area contributed by atoms with Crippen LogP contribution in [0.3, 0.4) is 0 Å². The van der Waals surface area contributed by atoms with E-state index in [0.717, 1.165) is 35.7 Å². The molecule has 0 saturated carbocycles. The highest BCUT2D eigenvalue weighted by Gasteiger charge is 2.21. The van der Waals surface area contributed by atoms with Crippen molar-refractivity contribution in [3.63, 3.8) is 0 Å². The molecule has 4 nitrogen and oxygen atoms in total. The van der Waals surface area contributed by atoms with Gasteiger partial charge in [-0.1, -0.05) is 0 Å². The van der Waals surface area contributed by atoms with Crippen LogP contribution in [0.4, 0.5) is 0 Å². The molecule has 0 radical (unpaired) electrons. The number of aromatic nitrogens is 3. The van der Waals surface area contributed by atoms with E-state index in [1.807, 2.05) is 19.4 Å². The Morgan fingerprint density at radius 3 is 3.19 bits per heavy atom. The summed E-state index contributed by atoms with van der Waals surface area (Å²) < 4.78 is 7.41. The first-order chi connectivity index (χ1) is 7.83. The van der Waals surface area contributed by atoms with Crippen LogP contribution in [-0.2, 0) is 11.8 Å². The zero-order chi connectivity index (χ0) is 11.0. The molecule has 1 aliphatic heterocycles. The van der Waals surface area contributed by atoms with E-state index in [9.17, 15) is 0 Å². The predicted octanol–water partition coefficient (Wildman–Crippen LogP) is 2.40. The first-order valence-corrected chi connectivity index (χ1v) is 6.27. The summed E-state index contributed by atoms with van der Waals surface area (Å²) in [6.45, 7) is 0.868. The standard InChI is InChI=1S/C11H13N3OS/c1-14-6-8(5-12-14)9-7-16-11(13-9)10-3-2-4-15-10/h5-7,10H,2-4H2,1H3/t10-/m1/s1. The summed E-state index contributed by atoms with van der Waals surface area (Å²) in [5.74, 6) is 0. The average Bonchev–Trinajstić information content (AvgIpc) is 2.97. The lowest BCUT2D eigenvalue weighted by Gasteiger charge is -2.03. The van der Waals surface area contributed by atoms with Gasteiger partial charge in [-0.3, -0.25) is 4.68 Å². The Hall–Kier alpha value is -1.20. The number of hydrogen-bond acceptors (Lipinski definition) is 4. The molecule has 0 unspecified atom stereocenters. The van der Waals surface area contributed by atoms with Crippen LogP contribution in [0.5, 0.6) is 0 Å². The van der Waals surface area contributed by atoms with Crippen molar-refractivity contribution in [1.82, 2.24) is 14.8 Å². The summed E-state index contributed by atoms with van der Waals surface area (Å²) in [5.41, 5.74) is 2.08. The van der Waals surface area contributed by atoms with Crippen LogP contribution in [0.15, 0.2) is 17.8 Å². The van der Waals surface area contributed by atoms with E-state index in [-0.39, 0.29) is 6.10 Å². The van der Waals surface area contributed by atoms with E-state index in [2.05, 4.69) is 15.5 Å². The molecule has 16 heavy (non-hydrogen) atoms. The molecule has 1 atom stereocenters. The molecule has 0 amide bonds. The molecule has 0 bridgehead atoms. The summed E-state index contributed by atoms with van der Waals surface area (Å²) >= 11 is 1.68. The molecule has 0 spiro atoms. The molecule has 2 aromatic heterocycles. The van der Waals surface area contributed by atoms with Gasteiger partial charge in [0.15, 0.2) is 0 Å². The maximum Gasteiger partial charge on any atom is 0.122 e. The smallest absolute Gasteiger partial charge is 0.122 e. The van der Waals surface area contributed by atoms with Gasteiger partial charge in [0.2, 0.25) is 0 Å². The van der Waals surface area contributed by atoms with Gasteiger partial charge >= 0.3 is 0 Å². The van der Waals surface area contributed by atoms with E-state index in [1.165, 1.54) is 0 Å². The highest BCUT2D eigenvalue weighted by Crippen LogP contribution is 2.32. The molecule has 0 aliphatic carbocycles. The van der Waals surface area contributed by atoms with E-state index in [1.54, 1.807) is 16.0 Å². The maximum atomic E-state index is 5.62. The Labute approximate surface area is 97.9 Å². The second-order valence-corrected chi connectivity index (χ2v) is 4.87. The Bertz CT molecular complexity index is 485. The summed E-state index contributed by atoms with van der Waals surface area (Å²) in [6, 6.07) is 0. The lowest BCUT2D eigenvalue weighted by Crippen LogP contribution is -1.94. The number of ether oxygens (including phenoxy) is 1. The first-order valence-electron chi connectivity index (χ1n) is 5.39. The quantitative estimate of drug-likeness (QED) is 0.802. The van der Waals surface area contributed by atoms with E-state index in [0.29, 0.717) is 0 Å². The Morgan fingerprint density at radius 1 is 1.56 bits per heavy atom. The molecule has 1 aliphatic rings. The molecule has 0 N–H and O–H groups in total. The van der Waals surface area contributed by atoms with Gasteiger partial charge in [0.05, 0.1) is 11.9 Å². The van der Waals surface area contributed by atoms with Gasteiger partial charge in [-0.2, -0.15) is 5.10 Å². The highest BCUT2D eigenvalue weighted by molar-refractivity contribution is 7.10. The van der Waals surface area contributed by atoms with E-state index in [4.69, 9.17) is 4.74 Å². The predicted molar refractivity (Wildman–Crippen MR) is 62.2 cm³/mol. The molecule has 1 fully saturated rings. The molecule has 2 aromatic rings. The van der Waals surface area contributed by atoms with Gasteiger partial charge in [-0.15, -0.1) is 11.3 Å². The van der Waals surface area contributed by atoms with E-state index >= 15 is 0 Å². The minimum absolute atomic E-state index is 0.218. The minimum Gasteiger partial charge on any atom is -0.371 e. The van der Waals surface area contributed by atoms with Gasteiger partial charge in [0.25, 0.3) is 0 Å². The Balaban J connectivity index is 1.87. The van der Waals surface area contributed by atoms with Crippen LogP contribution < -0.4 is 0 Å². The fourth-order valence-electron chi connectivity index (χ4n) is 1.89. The summed E-state index contributed by atoms with van der Waals surface area (Å²) in [7, 11) is 1.91. The molecule has 0 aromatic carbocycles. The Morgan fingerprint density at radius 2 is 2.50 bits per heavy atom. The zero-order valence-electron chi connectivity index (χ0n) is 9.09. The number of hydrogen-bond donors (Lipinski definition) is 0.